The minimum atomic E-state index is -2.22. The Hall–Kier alpha value is -0.790. The lowest BCUT2D eigenvalue weighted by Crippen LogP contribution is -2.34. The highest BCUT2D eigenvalue weighted by Crippen LogP contribution is 2.47. The van der Waals surface area contributed by atoms with E-state index in [0.717, 1.165) is 36.5 Å². The fourth-order valence-electron chi connectivity index (χ4n) is 2.58. The summed E-state index contributed by atoms with van der Waals surface area (Å²) in [6.07, 6.45) is 1.57. The van der Waals surface area contributed by atoms with Crippen LogP contribution in [-0.4, -0.2) is 44.5 Å². The number of nitrogens with zero attached hydrogens (tertiary/aromatic N) is 1. The van der Waals surface area contributed by atoms with E-state index in [1.165, 1.54) is 5.56 Å². The zero-order valence-corrected chi connectivity index (χ0v) is 13.2. The van der Waals surface area contributed by atoms with Crippen molar-refractivity contribution < 1.29 is 9.30 Å². The van der Waals surface area contributed by atoms with Gasteiger partial charge in [0.25, 0.3) is 0 Å². The Morgan fingerprint density at radius 3 is 2.42 bits per heavy atom. The Balaban J connectivity index is 2.33. The van der Waals surface area contributed by atoms with Crippen molar-refractivity contribution in [2.75, 3.05) is 39.6 Å². The van der Waals surface area contributed by atoms with E-state index in [9.17, 15) is 4.57 Å². The zero-order valence-electron chi connectivity index (χ0n) is 12.3. The molecule has 0 N–H and O–H groups in total. The first-order valence-electron chi connectivity index (χ1n) is 6.91. The Kier molecular flexibility index (Phi) is 4.37. The first-order chi connectivity index (χ1) is 8.96. The van der Waals surface area contributed by atoms with Crippen LogP contribution < -0.4 is 10.0 Å². The summed E-state index contributed by atoms with van der Waals surface area (Å²) in [4.78, 5) is 2.25. The largest absolute Gasteiger partial charge is 0.496 e. The summed E-state index contributed by atoms with van der Waals surface area (Å²) in [5.74, 6) is 1.30. The van der Waals surface area contributed by atoms with Gasteiger partial charge in [0.05, 0.1) is 7.11 Å². The third-order valence-electron chi connectivity index (χ3n) is 4.00. The fourth-order valence-corrected chi connectivity index (χ4v) is 5.34. The van der Waals surface area contributed by atoms with Crippen molar-refractivity contribution in [3.8, 4) is 5.75 Å². The molecule has 1 saturated heterocycles. The smallest absolute Gasteiger partial charge is 0.123 e. The van der Waals surface area contributed by atoms with E-state index in [1.54, 1.807) is 7.11 Å². The lowest BCUT2D eigenvalue weighted by atomic mass is 10.0. The molecule has 0 saturated carbocycles. The van der Waals surface area contributed by atoms with Crippen molar-refractivity contribution >= 4 is 12.4 Å². The molecule has 2 rings (SSSR count). The monoisotopic (exact) mass is 281 g/mol. The highest BCUT2D eigenvalue weighted by molar-refractivity contribution is 7.71. The molecule has 0 aromatic heterocycles. The van der Waals surface area contributed by atoms with Crippen LogP contribution in [0, 0.1) is 0 Å². The molecule has 0 bridgehead atoms. The van der Waals surface area contributed by atoms with Gasteiger partial charge in [-0.1, -0.05) is 26.0 Å². The fraction of sp³-hybridized carbons (Fsp3) is 0.600. The minimum Gasteiger partial charge on any atom is -0.496 e. The lowest BCUT2D eigenvalue weighted by Gasteiger charge is -2.30. The van der Waals surface area contributed by atoms with Gasteiger partial charge in [0, 0.05) is 30.7 Å². The van der Waals surface area contributed by atoms with E-state index < -0.39 is 7.14 Å². The number of hydrogen-bond acceptors (Lipinski definition) is 3. The number of benzene rings is 1. The van der Waals surface area contributed by atoms with Crippen LogP contribution in [0.4, 0.5) is 0 Å². The second-order valence-electron chi connectivity index (χ2n) is 5.72. The van der Waals surface area contributed by atoms with Crippen LogP contribution in [0.15, 0.2) is 18.2 Å². The third kappa shape index (κ3) is 3.04. The topological polar surface area (TPSA) is 29.5 Å². The van der Waals surface area contributed by atoms with Crippen LogP contribution in [0.2, 0.25) is 0 Å². The van der Waals surface area contributed by atoms with E-state index in [1.807, 2.05) is 12.1 Å². The molecule has 4 heteroatoms. The van der Waals surface area contributed by atoms with Gasteiger partial charge < -0.3 is 14.2 Å². The molecule has 19 heavy (non-hydrogen) atoms. The maximum Gasteiger partial charge on any atom is 0.123 e. The maximum absolute atomic E-state index is 13.0. The highest BCUT2D eigenvalue weighted by Gasteiger charge is 2.29. The average Bonchev–Trinajstić information content (AvgIpc) is 2.41. The van der Waals surface area contributed by atoms with Crippen LogP contribution in [0.25, 0.3) is 0 Å². The molecular formula is C15H24NO2P. The summed E-state index contributed by atoms with van der Waals surface area (Å²) >= 11 is 0. The standard InChI is InChI=1S/C15H24NO2P/c1-12(2)14-6-5-13(11-15(14)18-4)19(17)9-7-16(3)8-10-19/h5-6,11-12H,7-10H2,1-4H3. The van der Waals surface area contributed by atoms with Gasteiger partial charge >= 0.3 is 0 Å². The SMILES string of the molecule is COc1cc(P2(=O)CCN(C)CC2)ccc1C(C)C. The Bertz CT molecular complexity index is 487. The van der Waals surface area contributed by atoms with E-state index in [-0.39, 0.29) is 0 Å². The van der Waals surface area contributed by atoms with Crippen molar-refractivity contribution in [3.05, 3.63) is 23.8 Å². The molecule has 0 aliphatic carbocycles. The molecule has 106 valence electrons. The van der Waals surface area contributed by atoms with Crippen LogP contribution >= 0.6 is 7.14 Å². The van der Waals surface area contributed by atoms with Crippen molar-refractivity contribution in [2.24, 2.45) is 0 Å². The molecule has 1 aromatic carbocycles. The van der Waals surface area contributed by atoms with Gasteiger partial charge in [-0.2, -0.15) is 0 Å². The zero-order chi connectivity index (χ0) is 14.0. The van der Waals surface area contributed by atoms with Gasteiger partial charge in [-0.3, -0.25) is 0 Å². The van der Waals surface area contributed by atoms with Crippen LogP contribution in [0.1, 0.15) is 25.3 Å². The normalized spacial score (nSPS) is 19.6. The Morgan fingerprint density at radius 1 is 1.26 bits per heavy atom. The van der Waals surface area contributed by atoms with E-state index >= 15 is 0 Å². The molecule has 1 fully saturated rings. The molecule has 1 aliphatic rings. The molecule has 1 aromatic rings. The molecule has 0 atom stereocenters. The second kappa shape index (κ2) is 5.68. The average molecular weight is 281 g/mol. The minimum absolute atomic E-state index is 0.419. The van der Waals surface area contributed by atoms with Gasteiger partial charge in [-0.15, -0.1) is 0 Å². The van der Waals surface area contributed by atoms with Crippen LogP contribution in [0.3, 0.4) is 0 Å². The summed E-state index contributed by atoms with van der Waals surface area (Å²) in [7, 11) is 1.56. The Morgan fingerprint density at radius 2 is 1.89 bits per heavy atom. The van der Waals surface area contributed by atoms with E-state index in [2.05, 4.69) is 31.9 Å². The molecule has 3 nitrogen and oxygen atoms in total. The number of rotatable bonds is 3. The van der Waals surface area contributed by atoms with Gasteiger partial charge in [-0.25, -0.2) is 0 Å². The molecule has 1 heterocycles. The summed E-state index contributed by atoms with van der Waals surface area (Å²) in [6, 6.07) is 6.13. The maximum atomic E-state index is 13.0. The van der Waals surface area contributed by atoms with Crippen LogP contribution in [-0.2, 0) is 4.57 Å². The van der Waals surface area contributed by atoms with Crippen molar-refractivity contribution in [3.63, 3.8) is 0 Å². The molecule has 0 unspecified atom stereocenters. The van der Waals surface area contributed by atoms with Crippen molar-refractivity contribution in [2.45, 2.75) is 19.8 Å². The third-order valence-corrected chi connectivity index (χ3v) is 7.06. The summed E-state index contributed by atoms with van der Waals surface area (Å²) in [5, 5.41) is 0.988. The van der Waals surface area contributed by atoms with Crippen LogP contribution in [0.5, 0.6) is 5.75 Å². The second-order valence-corrected chi connectivity index (χ2v) is 8.91. The van der Waals surface area contributed by atoms with Crippen molar-refractivity contribution in [1.29, 1.82) is 0 Å². The first kappa shape index (κ1) is 14.6. The lowest BCUT2D eigenvalue weighted by molar-refractivity contribution is 0.361. The van der Waals surface area contributed by atoms with Gasteiger partial charge in [-0.05, 0) is 24.6 Å². The molecule has 0 spiro atoms. The van der Waals surface area contributed by atoms with Gasteiger partial charge in [0.1, 0.15) is 12.9 Å². The molecule has 0 amide bonds. The van der Waals surface area contributed by atoms with Gasteiger partial charge in [0.15, 0.2) is 0 Å². The molecule has 0 radical (unpaired) electrons. The predicted molar refractivity (Wildman–Crippen MR) is 81.6 cm³/mol. The van der Waals surface area contributed by atoms with E-state index in [4.69, 9.17) is 4.74 Å². The summed E-state index contributed by atoms with van der Waals surface area (Å²) in [6.45, 7) is 6.14. The quantitative estimate of drug-likeness (QED) is 0.798. The highest BCUT2D eigenvalue weighted by atomic mass is 31.2. The Labute approximate surface area is 116 Å². The van der Waals surface area contributed by atoms with E-state index in [0.29, 0.717) is 5.92 Å². The summed E-state index contributed by atoms with van der Waals surface area (Å²) < 4.78 is 18.5. The molecular weight excluding hydrogens is 257 g/mol. The number of hydrogen-bond donors (Lipinski definition) is 0. The first-order valence-corrected chi connectivity index (χ1v) is 8.99. The number of methoxy groups -OCH3 is 1. The number of ether oxygens (including phenoxy) is 1. The predicted octanol–water partition coefficient (Wildman–Crippen LogP) is 2.75. The summed E-state index contributed by atoms with van der Waals surface area (Å²) in [5.41, 5.74) is 1.19. The molecule has 1 aliphatic heterocycles. The van der Waals surface area contributed by atoms with Crippen molar-refractivity contribution in [1.82, 2.24) is 4.90 Å². The van der Waals surface area contributed by atoms with Gasteiger partial charge in [0.2, 0.25) is 0 Å².